The van der Waals surface area contributed by atoms with E-state index in [2.05, 4.69) is 52.2 Å². The summed E-state index contributed by atoms with van der Waals surface area (Å²) in [5.41, 5.74) is 3.42. The highest BCUT2D eigenvalue weighted by Gasteiger charge is 2.15. The van der Waals surface area contributed by atoms with Crippen molar-refractivity contribution in [3.05, 3.63) is 65.2 Å². The van der Waals surface area contributed by atoms with Crippen LogP contribution >= 0.6 is 24.0 Å². The Morgan fingerprint density at radius 1 is 0.966 bits per heavy atom. The molecular formula is C24H32N2OS2. The average Bonchev–Trinajstić information content (AvgIpc) is 2.63. The number of thioether (sulfide) groups is 1. The number of thiocarbonyl (C=S) groups is 1. The van der Waals surface area contributed by atoms with Crippen LogP contribution in [0.5, 0.6) is 0 Å². The van der Waals surface area contributed by atoms with Crippen LogP contribution in [0.15, 0.2) is 48.5 Å². The van der Waals surface area contributed by atoms with Gasteiger partial charge in [-0.25, -0.2) is 0 Å². The lowest BCUT2D eigenvalue weighted by molar-refractivity contribution is 0.103. The normalized spacial score (nSPS) is 11.8. The third kappa shape index (κ3) is 7.82. The minimum atomic E-state index is 0.00886. The van der Waals surface area contributed by atoms with Crippen molar-refractivity contribution in [2.24, 2.45) is 0 Å². The van der Waals surface area contributed by atoms with Gasteiger partial charge in [0.1, 0.15) is 0 Å². The van der Waals surface area contributed by atoms with Gasteiger partial charge in [0.2, 0.25) is 0 Å². The Kier molecular flexibility index (Phi) is 7.89. The number of rotatable bonds is 6. The summed E-state index contributed by atoms with van der Waals surface area (Å²) in [6.45, 7) is 13.9. The Bertz CT molecular complexity index is 846. The molecule has 0 fully saturated rings. The molecule has 3 nitrogen and oxygen atoms in total. The third-order valence-corrected chi connectivity index (χ3v) is 5.84. The molecule has 0 spiro atoms. The number of benzene rings is 2. The quantitative estimate of drug-likeness (QED) is 0.334. The molecule has 0 atom stereocenters. The molecule has 2 aromatic rings. The van der Waals surface area contributed by atoms with Crippen LogP contribution in [0.1, 0.15) is 63.0 Å². The van der Waals surface area contributed by atoms with Gasteiger partial charge in [-0.05, 0) is 35.3 Å². The maximum atomic E-state index is 12.9. The summed E-state index contributed by atoms with van der Waals surface area (Å²) in [4.78, 5) is 12.9. The van der Waals surface area contributed by atoms with Gasteiger partial charge in [-0.1, -0.05) is 77.9 Å². The molecule has 0 bridgehead atoms. The fraction of sp³-hybridized carbons (Fsp3) is 0.417. The van der Waals surface area contributed by atoms with E-state index in [0.29, 0.717) is 16.2 Å². The van der Waals surface area contributed by atoms with Crippen LogP contribution in [0.4, 0.5) is 5.69 Å². The second-order valence-corrected chi connectivity index (χ2v) is 11.4. The van der Waals surface area contributed by atoms with E-state index in [9.17, 15) is 4.79 Å². The summed E-state index contributed by atoms with van der Waals surface area (Å²) < 4.78 is 0.247. The minimum Gasteiger partial charge on any atom is -0.362 e. The van der Waals surface area contributed by atoms with E-state index in [1.54, 1.807) is 0 Å². The van der Waals surface area contributed by atoms with Crippen molar-refractivity contribution < 1.29 is 4.79 Å². The first-order valence-electron chi connectivity index (χ1n) is 9.90. The smallest absolute Gasteiger partial charge is 0.193 e. The Balaban J connectivity index is 1.98. The van der Waals surface area contributed by atoms with E-state index in [1.807, 2.05) is 60.3 Å². The molecule has 29 heavy (non-hydrogen) atoms. The molecule has 0 heterocycles. The first-order valence-corrected chi connectivity index (χ1v) is 11.3. The van der Waals surface area contributed by atoms with Gasteiger partial charge in [-0.15, -0.1) is 0 Å². The van der Waals surface area contributed by atoms with Crippen molar-refractivity contribution in [3.63, 3.8) is 0 Å². The fourth-order valence-electron chi connectivity index (χ4n) is 2.72. The van der Waals surface area contributed by atoms with Gasteiger partial charge in [0, 0.05) is 33.9 Å². The maximum absolute atomic E-state index is 12.9. The van der Waals surface area contributed by atoms with Crippen LogP contribution < -0.4 is 10.6 Å². The molecule has 0 aromatic heterocycles. The van der Waals surface area contributed by atoms with Crippen LogP contribution in [0.25, 0.3) is 0 Å². The van der Waals surface area contributed by atoms with Gasteiger partial charge < -0.3 is 10.6 Å². The largest absolute Gasteiger partial charge is 0.362 e. The highest BCUT2D eigenvalue weighted by molar-refractivity contribution is 8.00. The maximum Gasteiger partial charge on any atom is 0.193 e. The molecule has 156 valence electrons. The Labute approximate surface area is 185 Å². The second kappa shape index (κ2) is 9.77. The molecular weight excluding hydrogens is 396 g/mol. The molecule has 5 heteroatoms. The first kappa shape index (κ1) is 23.4. The SMILES string of the molecule is CC(C)(C)SCCNC(=S)Nc1cccc(C(=O)c2ccc(C(C)(C)C)cc2)c1. The van der Waals surface area contributed by atoms with Crippen molar-refractivity contribution in [1.29, 1.82) is 0 Å². The zero-order valence-corrected chi connectivity index (χ0v) is 19.9. The molecule has 0 unspecified atom stereocenters. The average molecular weight is 429 g/mol. The number of carbonyl (C=O) groups is 1. The van der Waals surface area contributed by atoms with Crippen molar-refractivity contribution in [2.75, 3.05) is 17.6 Å². The number of nitrogens with one attached hydrogen (secondary N) is 2. The van der Waals surface area contributed by atoms with Crippen LogP contribution in [0.2, 0.25) is 0 Å². The summed E-state index contributed by atoms with van der Waals surface area (Å²) in [7, 11) is 0. The lowest BCUT2D eigenvalue weighted by atomic mass is 9.86. The lowest BCUT2D eigenvalue weighted by Crippen LogP contribution is -2.31. The zero-order valence-electron chi connectivity index (χ0n) is 18.3. The molecule has 0 aliphatic rings. The Morgan fingerprint density at radius 3 is 2.21 bits per heavy atom. The molecule has 0 radical (unpaired) electrons. The highest BCUT2D eigenvalue weighted by Crippen LogP contribution is 2.24. The minimum absolute atomic E-state index is 0.00886. The van der Waals surface area contributed by atoms with E-state index < -0.39 is 0 Å². The van der Waals surface area contributed by atoms with E-state index in [-0.39, 0.29) is 15.9 Å². The summed E-state index contributed by atoms with van der Waals surface area (Å²) >= 11 is 7.27. The van der Waals surface area contributed by atoms with Gasteiger partial charge in [0.05, 0.1) is 0 Å². The van der Waals surface area contributed by atoms with Gasteiger partial charge in [-0.2, -0.15) is 11.8 Å². The predicted octanol–water partition coefficient (Wildman–Crippen LogP) is 6.03. The van der Waals surface area contributed by atoms with Crippen LogP contribution in [-0.2, 0) is 5.41 Å². The Hall–Kier alpha value is -1.85. The first-order chi connectivity index (χ1) is 13.5. The fourth-order valence-corrected chi connectivity index (χ4v) is 3.76. The Morgan fingerprint density at radius 2 is 1.62 bits per heavy atom. The molecule has 0 amide bonds. The van der Waals surface area contributed by atoms with Crippen molar-refractivity contribution in [1.82, 2.24) is 5.32 Å². The van der Waals surface area contributed by atoms with Crippen molar-refractivity contribution in [2.45, 2.75) is 51.7 Å². The highest BCUT2D eigenvalue weighted by atomic mass is 32.2. The van der Waals surface area contributed by atoms with E-state index in [0.717, 1.165) is 18.0 Å². The number of carbonyl (C=O) groups excluding carboxylic acids is 1. The zero-order chi connectivity index (χ0) is 21.7. The van der Waals surface area contributed by atoms with E-state index >= 15 is 0 Å². The number of anilines is 1. The summed E-state index contributed by atoms with van der Waals surface area (Å²) in [6.07, 6.45) is 0. The van der Waals surface area contributed by atoms with E-state index in [4.69, 9.17) is 12.2 Å². The number of hydrogen-bond acceptors (Lipinski definition) is 3. The van der Waals surface area contributed by atoms with Crippen molar-refractivity contribution >= 4 is 40.6 Å². The van der Waals surface area contributed by atoms with Gasteiger partial charge in [0.25, 0.3) is 0 Å². The van der Waals surface area contributed by atoms with Crippen LogP contribution in [0.3, 0.4) is 0 Å². The summed E-state index contributed by atoms with van der Waals surface area (Å²) in [6, 6.07) is 15.3. The van der Waals surface area contributed by atoms with E-state index in [1.165, 1.54) is 5.56 Å². The van der Waals surface area contributed by atoms with Crippen LogP contribution in [0, 0.1) is 0 Å². The van der Waals surface area contributed by atoms with Crippen LogP contribution in [-0.4, -0.2) is 27.9 Å². The van der Waals surface area contributed by atoms with Crippen molar-refractivity contribution in [3.8, 4) is 0 Å². The number of hydrogen-bond donors (Lipinski definition) is 2. The number of ketones is 1. The van der Waals surface area contributed by atoms with Gasteiger partial charge >= 0.3 is 0 Å². The molecule has 0 aliphatic carbocycles. The second-order valence-electron chi connectivity index (χ2n) is 9.08. The molecule has 2 aromatic carbocycles. The standard InChI is InChI=1S/C24H32N2OS2/c1-23(2,3)19-12-10-17(11-13-19)21(27)18-8-7-9-20(16-18)26-22(28)25-14-15-29-24(4,5)6/h7-13,16H,14-15H2,1-6H3,(H2,25,26,28). The molecule has 2 N–H and O–H groups in total. The summed E-state index contributed by atoms with van der Waals surface area (Å²) in [5, 5.41) is 6.96. The molecule has 0 saturated heterocycles. The molecule has 0 saturated carbocycles. The third-order valence-electron chi connectivity index (χ3n) is 4.32. The monoisotopic (exact) mass is 428 g/mol. The van der Waals surface area contributed by atoms with Gasteiger partial charge in [0.15, 0.2) is 10.9 Å². The summed E-state index contributed by atoms with van der Waals surface area (Å²) in [5.74, 6) is 0.989. The van der Waals surface area contributed by atoms with Gasteiger partial charge in [-0.3, -0.25) is 4.79 Å². The molecule has 0 aliphatic heterocycles. The molecule has 2 rings (SSSR count). The predicted molar refractivity (Wildman–Crippen MR) is 131 cm³/mol. The lowest BCUT2D eigenvalue weighted by Gasteiger charge is -2.19. The topological polar surface area (TPSA) is 41.1 Å².